The molecule has 0 saturated carbocycles. The Labute approximate surface area is 130 Å². The number of nitrogens with one attached hydrogen (secondary N) is 2. The first kappa shape index (κ1) is 16.0. The van der Waals surface area contributed by atoms with Gasteiger partial charge in [0.25, 0.3) is 0 Å². The Kier molecular flexibility index (Phi) is 5.98. The minimum atomic E-state index is -0.0290. The van der Waals surface area contributed by atoms with Gasteiger partial charge in [0.1, 0.15) is 11.9 Å². The number of carbonyl (C=O) groups is 1. The van der Waals surface area contributed by atoms with Gasteiger partial charge in [-0.25, -0.2) is 9.78 Å². The van der Waals surface area contributed by atoms with E-state index in [9.17, 15) is 4.79 Å². The maximum Gasteiger partial charge on any atom is 0.317 e. The molecule has 1 aromatic rings. The Hall–Kier alpha value is -2.33. The third kappa shape index (κ3) is 4.60. The molecule has 7 nitrogen and oxygen atoms in total. The van der Waals surface area contributed by atoms with Crippen molar-refractivity contribution in [2.45, 2.75) is 6.42 Å². The molecule has 1 aliphatic heterocycles. The zero-order valence-electron chi connectivity index (χ0n) is 12.9. The van der Waals surface area contributed by atoms with Crippen LogP contribution < -0.4 is 10.6 Å². The highest BCUT2D eigenvalue weighted by Crippen LogP contribution is 2.08. The summed E-state index contributed by atoms with van der Waals surface area (Å²) in [5.41, 5.74) is 0.504. The quantitative estimate of drug-likeness (QED) is 0.800. The van der Waals surface area contributed by atoms with Crippen LogP contribution in [0.5, 0.6) is 0 Å². The van der Waals surface area contributed by atoms with E-state index in [0.717, 1.165) is 32.6 Å². The van der Waals surface area contributed by atoms with Crippen LogP contribution in [-0.2, 0) is 0 Å². The Morgan fingerprint density at radius 1 is 1.36 bits per heavy atom. The summed E-state index contributed by atoms with van der Waals surface area (Å²) < 4.78 is 0. The van der Waals surface area contributed by atoms with E-state index in [2.05, 4.69) is 33.6 Å². The third-order valence-electron chi connectivity index (χ3n) is 3.63. The number of carbonyl (C=O) groups excluding carboxylic acids is 1. The topological polar surface area (TPSA) is 84.3 Å². The molecule has 0 bridgehead atoms. The second-order valence-electron chi connectivity index (χ2n) is 5.31. The fraction of sp³-hybridized carbons (Fsp3) is 0.533. The van der Waals surface area contributed by atoms with Crippen LogP contribution in [0.15, 0.2) is 18.3 Å². The highest BCUT2D eigenvalue weighted by molar-refractivity contribution is 5.74. The Morgan fingerprint density at radius 3 is 3.05 bits per heavy atom. The number of pyridine rings is 1. The molecule has 2 N–H and O–H groups in total. The van der Waals surface area contributed by atoms with Gasteiger partial charge in [0.15, 0.2) is 0 Å². The highest BCUT2D eigenvalue weighted by Gasteiger charge is 2.16. The Bertz CT molecular complexity index is 541. The van der Waals surface area contributed by atoms with E-state index in [1.54, 1.807) is 18.3 Å². The summed E-state index contributed by atoms with van der Waals surface area (Å²) in [7, 11) is 2.07. The number of aromatic nitrogens is 1. The number of urea groups is 1. The molecular formula is C15H22N6O. The summed E-state index contributed by atoms with van der Waals surface area (Å²) in [5, 5.41) is 14.9. The molecule has 0 spiro atoms. The van der Waals surface area contributed by atoms with Crippen molar-refractivity contribution in [3.8, 4) is 6.07 Å². The molecule has 1 aliphatic rings. The molecule has 0 radical (unpaired) electrons. The van der Waals surface area contributed by atoms with Crippen LogP contribution in [-0.4, -0.2) is 67.1 Å². The largest absolute Gasteiger partial charge is 0.367 e. The van der Waals surface area contributed by atoms with E-state index in [4.69, 9.17) is 5.26 Å². The molecule has 2 amide bonds. The number of hydrogen-bond donors (Lipinski definition) is 2. The SMILES string of the molecule is CN1CCCN(C(=O)NCCNc2ncccc2C#N)CC1. The molecule has 0 atom stereocenters. The lowest BCUT2D eigenvalue weighted by atomic mass is 10.3. The molecule has 0 aliphatic carbocycles. The van der Waals surface area contributed by atoms with Gasteiger partial charge in [0.2, 0.25) is 0 Å². The normalized spacial score (nSPS) is 15.7. The number of anilines is 1. The summed E-state index contributed by atoms with van der Waals surface area (Å²) in [6.45, 7) is 4.52. The second kappa shape index (κ2) is 8.20. The first-order chi connectivity index (χ1) is 10.7. The van der Waals surface area contributed by atoms with Gasteiger partial charge in [-0.2, -0.15) is 5.26 Å². The molecule has 22 heavy (non-hydrogen) atoms. The van der Waals surface area contributed by atoms with E-state index < -0.39 is 0 Å². The predicted octanol–water partition coefficient (Wildman–Crippen LogP) is 0.712. The number of nitriles is 1. The smallest absolute Gasteiger partial charge is 0.317 e. The van der Waals surface area contributed by atoms with Crippen molar-refractivity contribution in [1.82, 2.24) is 20.1 Å². The monoisotopic (exact) mass is 302 g/mol. The van der Waals surface area contributed by atoms with Crippen molar-refractivity contribution >= 4 is 11.8 Å². The van der Waals surface area contributed by atoms with Gasteiger partial charge in [-0.05, 0) is 32.1 Å². The van der Waals surface area contributed by atoms with Crippen LogP contribution in [0.1, 0.15) is 12.0 Å². The van der Waals surface area contributed by atoms with Crippen LogP contribution in [0.2, 0.25) is 0 Å². The average Bonchev–Trinajstić information content (AvgIpc) is 2.76. The molecule has 2 rings (SSSR count). The molecular weight excluding hydrogens is 280 g/mol. The van der Waals surface area contributed by atoms with Crippen LogP contribution in [0, 0.1) is 11.3 Å². The van der Waals surface area contributed by atoms with Crippen LogP contribution in [0.3, 0.4) is 0 Å². The van der Waals surface area contributed by atoms with Gasteiger partial charge in [-0.15, -0.1) is 0 Å². The van der Waals surface area contributed by atoms with Gasteiger partial charge in [-0.1, -0.05) is 0 Å². The lowest BCUT2D eigenvalue weighted by molar-refractivity contribution is 0.200. The fourth-order valence-electron chi connectivity index (χ4n) is 2.35. The zero-order valence-corrected chi connectivity index (χ0v) is 12.9. The third-order valence-corrected chi connectivity index (χ3v) is 3.63. The van der Waals surface area contributed by atoms with E-state index in [-0.39, 0.29) is 6.03 Å². The summed E-state index contributed by atoms with van der Waals surface area (Å²) in [5.74, 6) is 0.552. The molecule has 0 aromatic carbocycles. The number of amides is 2. The van der Waals surface area contributed by atoms with Crippen LogP contribution in [0.4, 0.5) is 10.6 Å². The maximum atomic E-state index is 12.1. The molecule has 1 aromatic heterocycles. The number of rotatable bonds is 4. The molecule has 2 heterocycles. The van der Waals surface area contributed by atoms with Gasteiger partial charge in [0.05, 0.1) is 5.56 Å². The van der Waals surface area contributed by atoms with E-state index >= 15 is 0 Å². The Balaban J connectivity index is 1.72. The van der Waals surface area contributed by atoms with E-state index in [0.29, 0.717) is 24.5 Å². The van der Waals surface area contributed by atoms with Gasteiger partial charge >= 0.3 is 6.03 Å². The molecule has 1 saturated heterocycles. The van der Waals surface area contributed by atoms with Crippen molar-refractivity contribution in [1.29, 1.82) is 5.26 Å². The van der Waals surface area contributed by atoms with E-state index in [1.807, 2.05) is 4.90 Å². The van der Waals surface area contributed by atoms with Crippen molar-refractivity contribution in [2.24, 2.45) is 0 Å². The number of likely N-dealkylation sites (N-methyl/N-ethyl adjacent to an activating group) is 1. The standard InChI is InChI=1S/C15H22N6O/c1-20-8-3-9-21(11-10-20)15(22)19-7-6-18-14-13(12-16)4-2-5-17-14/h2,4-5H,3,6-11H2,1H3,(H,17,18)(H,19,22). The van der Waals surface area contributed by atoms with Crippen molar-refractivity contribution in [3.05, 3.63) is 23.9 Å². The van der Waals surface area contributed by atoms with Crippen molar-refractivity contribution in [2.75, 3.05) is 51.6 Å². The minimum absolute atomic E-state index is 0.0290. The molecule has 0 unspecified atom stereocenters. The predicted molar refractivity (Wildman–Crippen MR) is 84.5 cm³/mol. The Morgan fingerprint density at radius 2 is 2.23 bits per heavy atom. The number of nitrogens with zero attached hydrogens (tertiary/aromatic N) is 4. The van der Waals surface area contributed by atoms with E-state index in [1.165, 1.54) is 0 Å². The lowest BCUT2D eigenvalue weighted by Crippen LogP contribution is -2.43. The zero-order chi connectivity index (χ0) is 15.8. The first-order valence-electron chi connectivity index (χ1n) is 7.51. The second-order valence-corrected chi connectivity index (χ2v) is 5.31. The fourth-order valence-corrected chi connectivity index (χ4v) is 2.35. The molecule has 7 heteroatoms. The van der Waals surface area contributed by atoms with Crippen molar-refractivity contribution in [3.63, 3.8) is 0 Å². The molecule has 1 fully saturated rings. The van der Waals surface area contributed by atoms with Gasteiger partial charge in [0, 0.05) is 38.9 Å². The summed E-state index contributed by atoms with van der Waals surface area (Å²) in [4.78, 5) is 20.3. The summed E-state index contributed by atoms with van der Waals surface area (Å²) >= 11 is 0. The van der Waals surface area contributed by atoms with Gasteiger partial charge < -0.3 is 20.4 Å². The lowest BCUT2D eigenvalue weighted by Gasteiger charge is -2.21. The summed E-state index contributed by atoms with van der Waals surface area (Å²) in [6.07, 6.45) is 2.64. The summed E-state index contributed by atoms with van der Waals surface area (Å²) in [6, 6.07) is 5.49. The van der Waals surface area contributed by atoms with Crippen LogP contribution in [0.25, 0.3) is 0 Å². The highest BCUT2D eigenvalue weighted by atomic mass is 16.2. The van der Waals surface area contributed by atoms with Crippen molar-refractivity contribution < 1.29 is 4.79 Å². The number of hydrogen-bond acceptors (Lipinski definition) is 5. The maximum absolute atomic E-state index is 12.1. The van der Waals surface area contributed by atoms with Gasteiger partial charge in [-0.3, -0.25) is 0 Å². The average molecular weight is 302 g/mol. The minimum Gasteiger partial charge on any atom is -0.367 e. The van der Waals surface area contributed by atoms with Crippen LogP contribution >= 0.6 is 0 Å². The first-order valence-corrected chi connectivity index (χ1v) is 7.51. The molecule has 118 valence electrons.